The fourth-order valence-corrected chi connectivity index (χ4v) is 3.29. The van der Waals surface area contributed by atoms with Crippen LogP contribution >= 0.6 is 11.3 Å². The first-order valence-electron chi connectivity index (χ1n) is 8.07. The monoisotopic (exact) mass is 346 g/mol. The number of aromatic nitrogens is 1. The molecular formula is C17H22N4O2S. The molecule has 0 bridgehead atoms. The summed E-state index contributed by atoms with van der Waals surface area (Å²) >= 11 is 1.53. The van der Waals surface area contributed by atoms with E-state index in [9.17, 15) is 4.79 Å². The Bertz CT molecular complexity index is 656. The van der Waals surface area contributed by atoms with Crippen molar-refractivity contribution in [2.24, 2.45) is 0 Å². The van der Waals surface area contributed by atoms with E-state index in [1.165, 1.54) is 11.3 Å². The normalized spacial score (nSPS) is 16.5. The van der Waals surface area contributed by atoms with Crippen molar-refractivity contribution in [1.82, 2.24) is 15.2 Å². The van der Waals surface area contributed by atoms with E-state index in [1.807, 2.05) is 30.5 Å². The van der Waals surface area contributed by atoms with Crippen LogP contribution in [0.25, 0.3) is 0 Å². The maximum Gasteiger partial charge on any atom is 0.319 e. The minimum absolute atomic E-state index is 0.114. The number of thiazole rings is 1. The molecule has 0 spiro atoms. The molecule has 0 saturated carbocycles. The molecule has 2 amide bonds. The fraction of sp³-hybridized carbons (Fsp3) is 0.412. The highest BCUT2D eigenvalue weighted by Gasteiger charge is 2.15. The molecular weight excluding hydrogens is 324 g/mol. The zero-order valence-electron chi connectivity index (χ0n) is 13.7. The summed E-state index contributed by atoms with van der Waals surface area (Å²) in [6.07, 6.45) is 1.74. The van der Waals surface area contributed by atoms with E-state index >= 15 is 0 Å². The maximum absolute atomic E-state index is 12.3. The van der Waals surface area contributed by atoms with Gasteiger partial charge < -0.3 is 15.4 Å². The Hall–Kier alpha value is -1.96. The Morgan fingerprint density at radius 3 is 2.92 bits per heavy atom. The Morgan fingerprint density at radius 2 is 2.17 bits per heavy atom. The molecule has 2 aromatic rings. The number of nitrogens with one attached hydrogen (secondary N) is 2. The van der Waals surface area contributed by atoms with E-state index in [0.29, 0.717) is 0 Å². The van der Waals surface area contributed by atoms with Gasteiger partial charge in [-0.25, -0.2) is 9.78 Å². The topological polar surface area (TPSA) is 66.5 Å². The van der Waals surface area contributed by atoms with E-state index in [4.69, 9.17) is 4.74 Å². The van der Waals surface area contributed by atoms with Gasteiger partial charge >= 0.3 is 6.03 Å². The van der Waals surface area contributed by atoms with Gasteiger partial charge in [0.05, 0.1) is 19.3 Å². The van der Waals surface area contributed by atoms with Crippen LogP contribution in [0.15, 0.2) is 35.8 Å². The molecule has 0 aliphatic carbocycles. The van der Waals surface area contributed by atoms with Gasteiger partial charge in [-0.3, -0.25) is 4.90 Å². The molecule has 128 valence electrons. The summed E-state index contributed by atoms with van der Waals surface area (Å²) in [5.41, 5.74) is 1.95. The summed E-state index contributed by atoms with van der Waals surface area (Å²) in [5, 5.41) is 8.69. The third-order valence-corrected chi connectivity index (χ3v) is 4.89. The molecule has 1 aliphatic heterocycles. The van der Waals surface area contributed by atoms with Crippen molar-refractivity contribution in [2.45, 2.75) is 19.5 Å². The number of benzene rings is 1. The van der Waals surface area contributed by atoms with E-state index < -0.39 is 0 Å². The molecule has 2 N–H and O–H groups in total. The van der Waals surface area contributed by atoms with Gasteiger partial charge in [0, 0.05) is 36.9 Å². The summed E-state index contributed by atoms with van der Waals surface area (Å²) in [6, 6.07) is 7.59. The third-order valence-electron chi connectivity index (χ3n) is 3.93. The molecule has 3 rings (SSSR count). The molecule has 1 aliphatic rings. The number of ether oxygens (including phenoxy) is 1. The lowest BCUT2D eigenvalue weighted by molar-refractivity contribution is 0.0343. The van der Waals surface area contributed by atoms with Crippen molar-refractivity contribution >= 4 is 23.1 Å². The SMILES string of the molecule is C[C@@H](NC(=O)Nc1ccccc1CN1CCOCC1)c1nccs1. The number of carbonyl (C=O) groups is 1. The van der Waals surface area contributed by atoms with Gasteiger partial charge in [0.25, 0.3) is 0 Å². The minimum Gasteiger partial charge on any atom is -0.379 e. The number of hydrogen-bond acceptors (Lipinski definition) is 5. The summed E-state index contributed by atoms with van der Waals surface area (Å²) in [7, 11) is 0. The number of hydrogen-bond donors (Lipinski definition) is 2. The van der Waals surface area contributed by atoms with Gasteiger partial charge in [-0.15, -0.1) is 11.3 Å². The van der Waals surface area contributed by atoms with Crippen LogP contribution in [0.2, 0.25) is 0 Å². The second-order valence-corrected chi connectivity index (χ2v) is 6.66. The quantitative estimate of drug-likeness (QED) is 0.874. The molecule has 1 aromatic carbocycles. The number of carbonyl (C=O) groups excluding carboxylic acids is 1. The molecule has 7 heteroatoms. The first kappa shape index (κ1) is 16.9. The largest absolute Gasteiger partial charge is 0.379 e. The summed E-state index contributed by atoms with van der Waals surface area (Å²) in [5.74, 6) is 0. The first-order chi connectivity index (χ1) is 11.7. The van der Waals surface area contributed by atoms with Crippen molar-refractivity contribution < 1.29 is 9.53 Å². The Balaban J connectivity index is 1.60. The highest BCUT2D eigenvalue weighted by atomic mass is 32.1. The van der Waals surface area contributed by atoms with Crippen molar-refractivity contribution in [3.8, 4) is 0 Å². The number of rotatable bonds is 5. The number of urea groups is 1. The molecule has 6 nitrogen and oxygen atoms in total. The average molecular weight is 346 g/mol. The van der Waals surface area contributed by atoms with Crippen LogP contribution in [0.5, 0.6) is 0 Å². The number of nitrogens with zero attached hydrogens (tertiary/aromatic N) is 2. The van der Waals surface area contributed by atoms with Crippen molar-refractivity contribution in [1.29, 1.82) is 0 Å². The van der Waals surface area contributed by atoms with Crippen LogP contribution in [-0.4, -0.2) is 42.2 Å². The van der Waals surface area contributed by atoms with Crippen LogP contribution < -0.4 is 10.6 Å². The summed E-state index contributed by atoms with van der Waals surface area (Å²) < 4.78 is 5.38. The van der Waals surface area contributed by atoms with Gasteiger partial charge in [-0.05, 0) is 18.6 Å². The van der Waals surface area contributed by atoms with Gasteiger partial charge in [-0.2, -0.15) is 0 Å². The molecule has 0 unspecified atom stereocenters. The Kier molecular flexibility index (Phi) is 5.79. The summed E-state index contributed by atoms with van der Waals surface area (Å²) in [6.45, 7) is 6.10. The number of amides is 2. The zero-order chi connectivity index (χ0) is 16.8. The van der Waals surface area contributed by atoms with Crippen molar-refractivity contribution in [3.63, 3.8) is 0 Å². The molecule has 1 saturated heterocycles. The average Bonchev–Trinajstić information content (AvgIpc) is 3.12. The predicted octanol–water partition coefficient (Wildman–Crippen LogP) is 2.86. The van der Waals surface area contributed by atoms with Gasteiger partial charge in [-0.1, -0.05) is 18.2 Å². The number of morpholine rings is 1. The highest BCUT2D eigenvalue weighted by Crippen LogP contribution is 2.19. The minimum atomic E-state index is -0.216. The van der Waals surface area contributed by atoms with E-state index in [2.05, 4.69) is 26.6 Å². The summed E-state index contributed by atoms with van der Waals surface area (Å²) in [4.78, 5) is 18.8. The lowest BCUT2D eigenvalue weighted by Crippen LogP contribution is -2.36. The third kappa shape index (κ3) is 4.53. The Morgan fingerprint density at radius 1 is 1.38 bits per heavy atom. The van der Waals surface area contributed by atoms with Crippen LogP contribution in [0.1, 0.15) is 23.5 Å². The standard InChI is InChI=1S/C17H22N4O2S/c1-13(16-18-6-11-24-16)19-17(22)20-15-5-3-2-4-14(15)12-21-7-9-23-10-8-21/h2-6,11,13H,7-10,12H2,1H3,(H2,19,20,22)/t13-/m1/s1. The van der Waals surface area contributed by atoms with Crippen LogP contribution in [0, 0.1) is 0 Å². The molecule has 24 heavy (non-hydrogen) atoms. The van der Waals surface area contributed by atoms with E-state index in [0.717, 1.165) is 49.1 Å². The van der Waals surface area contributed by atoms with Crippen LogP contribution in [-0.2, 0) is 11.3 Å². The van der Waals surface area contributed by atoms with Crippen molar-refractivity contribution in [2.75, 3.05) is 31.6 Å². The highest BCUT2D eigenvalue weighted by molar-refractivity contribution is 7.09. The smallest absolute Gasteiger partial charge is 0.319 e. The van der Waals surface area contributed by atoms with Gasteiger partial charge in [0.15, 0.2) is 0 Å². The van der Waals surface area contributed by atoms with Gasteiger partial charge in [0.1, 0.15) is 5.01 Å². The molecule has 1 atom stereocenters. The second kappa shape index (κ2) is 8.23. The molecule has 1 fully saturated rings. The molecule has 1 aromatic heterocycles. The number of para-hydroxylation sites is 1. The predicted molar refractivity (Wildman–Crippen MR) is 95.2 cm³/mol. The molecule has 2 heterocycles. The van der Waals surface area contributed by atoms with Crippen LogP contribution in [0.4, 0.5) is 10.5 Å². The Labute approximate surface area is 145 Å². The second-order valence-electron chi connectivity index (χ2n) is 5.74. The maximum atomic E-state index is 12.3. The van der Waals surface area contributed by atoms with Gasteiger partial charge in [0.2, 0.25) is 0 Å². The van der Waals surface area contributed by atoms with Crippen molar-refractivity contribution in [3.05, 3.63) is 46.4 Å². The van der Waals surface area contributed by atoms with E-state index in [1.54, 1.807) is 6.20 Å². The fourth-order valence-electron chi connectivity index (χ4n) is 2.65. The van der Waals surface area contributed by atoms with E-state index in [-0.39, 0.29) is 12.1 Å². The molecule has 0 radical (unpaired) electrons. The first-order valence-corrected chi connectivity index (χ1v) is 8.95. The zero-order valence-corrected chi connectivity index (χ0v) is 14.5. The lowest BCUT2D eigenvalue weighted by Gasteiger charge is -2.27. The lowest BCUT2D eigenvalue weighted by atomic mass is 10.1. The van der Waals surface area contributed by atoms with Crippen LogP contribution in [0.3, 0.4) is 0 Å². The number of anilines is 1.